The number of aryl methyl sites for hydroxylation is 1. The number of carbonyl (C=O) groups is 2. The molecule has 3 rings (SSSR count). The lowest BCUT2D eigenvalue weighted by molar-refractivity contribution is -0.112. The highest BCUT2D eigenvalue weighted by Gasteiger charge is 2.24. The molecule has 0 radical (unpaired) electrons. The van der Waals surface area contributed by atoms with E-state index in [0.29, 0.717) is 22.2 Å². The van der Waals surface area contributed by atoms with Crippen LogP contribution in [0.1, 0.15) is 52.7 Å². The van der Waals surface area contributed by atoms with E-state index in [-0.39, 0.29) is 12.2 Å². The van der Waals surface area contributed by atoms with E-state index in [1.807, 2.05) is 13.0 Å². The molecular weight excluding hydrogens is 482 g/mol. The zero-order valence-corrected chi connectivity index (χ0v) is 20.1. The number of furan rings is 1. The van der Waals surface area contributed by atoms with Crippen LogP contribution in [-0.4, -0.2) is 31.6 Å². The number of thiophene rings is 1. The molecule has 1 N–H and O–H groups in total. The summed E-state index contributed by atoms with van der Waals surface area (Å²) in [4.78, 5) is 28.2. The normalized spacial score (nSPS) is 14.3. The summed E-state index contributed by atoms with van der Waals surface area (Å²) in [6, 6.07) is 3.67. The number of carbonyl (C=O) groups excluding carboxylic acids is 2. The predicted molar refractivity (Wildman–Crippen MR) is 124 cm³/mol. The molecule has 1 amide bonds. The third kappa shape index (κ3) is 5.20. The molecule has 3 heterocycles. The van der Waals surface area contributed by atoms with Gasteiger partial charge in [-0.25, -0.2) is 4.79 Å². The molecule has 2 aromatic rings. The fourth-order valence-corrected chi connectivity index (χ4v) is 4.99. The van der Waals surface area contributed by atoms with Gasteiger partial charge in [-0.05, 0) is 61.5 Å². The van der Waals surface area contributed by atoms with Gasteiger partial charge < -0.3 is 19.4 Å². The van der Waals surface area contributed by atoms with Crippen LogP contribution in [-0.2, 0) is 9.53 Å². The molecule has 0 unspecified atom stereocenters. The van der Waals surface area contributed by atoms with Crippen LogP contribution in [0.4, 0.5) is 10.9 Å². The third-order valence-electron chi connectivity index (χ3n) is 5.07. The first-order chi connectivity index (χ1) is 14.8. The number of halogens is 1. The van der Waals surface area contributed by atoms with Crippen molar-refractivity contribution in [3.05, 3.63) is 37.9 Å². The summed E-state index contributed by atoms with van der Waals surface area (Å²) in [7, 11) is 0. The molecule has 31 heavy (non-hydrogen) atoms. The van der Waals surface area contributed by atoms with Crippen LogP contribution in [0.2, 0.25) is 0 Å². The maximum absolute atomic E-state index is 12.8. The number of ether oxygens (including phenoxy) is 1. The van der Waals surface area contributed by atoms with E-state index in [1.165, 1.54) is 23.8 Å². The number of piperidine rings is 1. The molecule has 9 heteroatoms. The summed E-state index contributed by atoms with van der Waals surface area (Å²) >= 11 is 4.78. The summed E-state index contributed by atoms with van der Waals surface area (Å²) in [6.45, 7) is 7.44. The van der Waals surface area contributed by atoms with Crippen LogP contribution in [0.15, 0.2) is 20.5 Å². The van der Waals surface area contributed by atoms with Gasteiger partial charge in [-0.15, -0.1) is 11.3 Å². The Kier molecular flexibility index (Phi) is 7.57. The van der Waals surface area contributed by atoms with E-state index in [4.69, 9.17) is 9.15 Å². The minimum atomic E-state index is -0.610. The summed E-state index contributed by atoms with van der Waals surface area (Å²) in [5.41, 5.74) is 0.954. The SMILES string of the molecule is CCOC(=O)c1c(NC(=O)/C(C#N)=C/c2cc(Br)c(N3CCCCC3)o2)sc(C)c1C. The average Bonchev–Trinajstić information content (AvgIpc) is 3.25. The molecule has 7 nitrogen and oxygen atoms in total. The van der Waals surface area contributed by atoms with Crippen LogP contribution >= 0.6 is 27.3 Å². The first-order valence-electron chi connectivity index (χ1n) is 10.1. The Balaban J connectivity index is 1.83. The lowest BCUT2D eigenvalue weighted by Gasteiger charge is -2.26. The van der Waals surface area contributed by atoms with E-state index in [1.54, 1.807) is 19.9 Å². The zero-order valence-electron chi connectivity index (χ0n) is 17.7. The molecule has 0 saturated carbocycles. The molecule has 164 valence electrons. The molecule has 0 atom stereocenters. The number of anilines is 2. The van der Waals surface area contributed by atoms with Crippen molar-refractivity contribution < 1.29 is 18.7 Å². The zero-order chi connectivity index (χ0) is 22.5. The van der Waals surface area contributed by atoms with E-state index in [0.717, 1.165) is 40.8 Å². The van der Waals surface area contributed by atoms with E-state index >= 15 is 0 Å². The van der Waals surface area contributed by atoms with E-state index in [9.17, 15) is 14.9 Å². The van der Waals surface area contributed by atoms with Crippen molar-refractivity contribution in [3.63, 3.8) is 0 Å². The fourth-order valence-electron chi connectivity index (χ4n) is 3.39. The number of hydrogen-bond acceptors (Lipinski definition) is 7. The molecule has 0 aromatic carbocycles. The minimum Gasteiger partial charge on any atom is -0.462 e. The Morgan fingerprint density at radius 1 is 1.35 bits per heavy atom. The number of rotatable bonds is 6. The van der Waals surface area contributed by atoms with Crippen molar-refractivity contribution in [2.45, 2.75) is 40.0 Å². The summed E-state index contributed by atoms with van der Waals surface area (Å²) in [5, 5.41) is 12.6. The smallest absolute Gasteiger partial charge is 0.341 e. The maximum atomic E-state index is 12.8. The van der Waals surface area contributed by atoms with Gasteiger partial charge in [-0.1, -0.05) is 0 Å². The molecule has 0 spiro atoms. The molecule has 0 bridgehead atoms. The van der Waals surface area contributed by atoms with Crippen molar-refractivity contribution in [1.29, 1.82) is 5.26 Å². The fraction of sp³-hybridized carbons (Fsp3) is 0.409. The van der Waals surface area contributed by atoms with Gasteiger partial charge in [0.05, 0.1) is 16.6 Å². The first-order valence-corrected chi connectivity index (χ1v) is 11.7. The number of esters is 1. The Morgan fingerprint density at radius 2 is 2.06 bits per heavy atom. The maximum Gasteiger partial charge on any atom is 0.341 e. The van der Waals surface area contributed by atoms with Gasteiger partial charge in [0.15, 0.2) is 0 Å². The standard InChI is InChI=1S/C22H24BrN3O4S/c1-4-29-22(28)18-13(2)14(3)31-20(18)25-19(27)15(12-24)10-16-11-17(23)21(30-16)26-8-6-5-7-9-26/h10-11H,4-9H2,1-3H3,(H,25,27)/b15-10+. The van der Waals surface area contributed by atoms with Crippen molar-refractivity contribution in [2.75, 3.05) is 29.9 Å². The van der Waals surface area contributed by atoms with Crippen molar-refractivity contribution in [1.82, 2.24) is 0 Å². The molecule has 2 aromatic heterocycles. The van der Waals surface area contributed by atoms with Crippen LogP contribution in [0.25, 0.3) is 6.08 Å². The lowest BCUT2D eigenvalue weighted by Crippen LogP contribution is -2.29. The number of hydrogen-bond donors (Lipinski definition) is 1. The number of nitriles is 1. The third-order valence-corrected chi connectivity index (χ3v) is 6.77. The van der Waals surface area contributed by atoms with Crippen LogP contribution in [0, 0.1) is 25.2 Å². The second-order valence-electron chi connectivity index (χ2n) is 7.18. The summed E-state index contributed by atoms with van der Waals surface area (Å²) in [5.74, 6) is 0.00526. The second kappa shape index (κ2) is 10.2. The van der Waals surface area contributed by atoms with Gasteiger partial charge >= 0.3 is 5.97 Å². The Hall–Kier alpha value is -2.57. The molecule has 1 fully saturated rings. The molecule has 1 saturated heterocycles. The number of nitrogens with one attached hydrogen (secondary N) is 1. The first kappa shape index (κ1) is 23.1. The van der Waals surface area contributed by atoms with Gasteiger partial charge in [0, 0.05) is 30.1 Å². The largest absolute Gasteiger partial charge is 0.462 e. The van der Waals surface area contributed by atoms with Gasteiger partial charge in [-0.2, -0.15) is 5.26 Å². The average molecular weight is 506 g/mol. The predicted octanol–water partition coefficient (Wildman–Crippen LogP) is 5.43. The molecule has 0 aliphatic carbocycles. The van der Waals surface area contributed by atoms with Crippen molar-refractivity contribution in [2.24, 2.45) is 0 Å². The topological polar surface area (TPSA) is 95.6 Å². The Morgan fingerprint density at radius 3 is 2.71 bits per heavy atom. The monoisotopic (exact) mass is 505 g/mol. The quantitative estimate of drug-likeness (QED) is 0.319. The van der Waals surface area contributed by atoms with Gasteiger partial charge in [0.2, 0.25) is 5.88 Å². The minimum absolute atomic E-state index is 0.120. The number of nitrogens with zero attached hydrogens (tertiary/aromatic N) is 2. The van der Waals surface area contributed by atoms with Gasteiger partial charge in [0.25, 0.3) is 5.91 Å². The molecule has 1 aliphatic heterocycles. The Bertz CT molecular complexity index is 1060. The molecule has 1 aliphatic rings. The summed E-state index contributed by atoms with van der Waals surface area (Å²) < 4.78 is 11.8. The summed E-state index contributed by atoms with van der Waals surface area (Å²) in [6.07, 6.45) is 4.82. The highest BCUT2D eigenvalue weighted by molar-refractivity contribution is 9.10. The second-order valence-corrected chi connectivity index (χ2v) is 9.26. The van der Waals surface area contributed by atoms with Crippen LogP contribution in [0.5, 0.6) is 0 Å². The lowest BCUT2D eigenvalue weighted by atomic mass is 10.1. The highest BCUT2D eigenvalue weighted by atomic mass is 79.9. The number of amides is 1. The van der Waals surface area contributed by atoms with Gasteiger partial charge in [-0.3, -0.25) is 4.79 Å². The van der Waals surface area contributed by atoms with Crippen LogP contribution in [0.3, 0.4) is 0 Å². The Labute approximate surface area is 193 Å². The molecular formula is C22H24BrN3O4S. The van der Waals surface area contributed by atoms with Crippen molar-refractivity contribution in [3.8, 4) is 6.07 Å². The highest BCUT2D eigenvalue weighted by Crippen LogP contribution is 2.35. The van der Waals surface area contributed by atoms with Crippen LogP contribution < -0.4 is 10.2 Å². The van der Waals surface area contributed by atoms with Crippen molar-refractivity contribution >= 4 is 56.1 Å². The van der Waals surface area contributed by atoms with Gasteiger partial charge in [0.1, 0.15) is 22.4 Å². The van der Waals surface area contributed by atoms with E-state index < -0.39 is 11.9 Å². The van der Waals surface area contributed by atoms with E-state index in [2.05, 4.69) is 26.1 Å².